The fourth-order valence-corrected chi connectivity index (χ4v) is 3.33. The molecule has 0 atom stereocenters. The molecule has 1 aromatic carbocycles. The summed E-state index contributed by atoms with van der Waals surface area (Å²) in [6.45, 7) is 3.72. The maximum Gasteiger partial charge on any atom is 0.191 e. The maximum atomic E-state index is 6.03. The number of benzene rings is 1. The van der Waals surface area contributed by atoms with E-state index in [2.05, 4.69) is 26.6 Å². The molecule has 1 saturated carbocycles. The van der Waals surface area contributed by atoms with Gasteiger partial charge in [0.25, 0.3) is 0 Å². The molecule has 1 aromatic rings. The number of nitrogens with zero attached hydrogens (tertiary/aromatic N) is 2. The summed E-state index contributed by atoms with van der Waals surface area (Å²) < 4.78 is 12.0. The molecule has 6 nitrogen and oxygen atoms in total. The molecule has 158 valence electrons. The highest BCUT2D eigenvalue weighted by Crippen LogP contribution is 2.19. The van der Waals surface area contributed by atoms with E-state index in [0.717, 1.165) is 37.0 Å². The Hall–Kier alpha value is -1.79. The van der Waals surface area contributed by atoms with E-state index in [1.165, 1.54) is 38.5 Å². The normalized spacial score (nSPS) is 16.1. The van der Waals surface area contributed by atoms with Crippen LogP contribution in [0.2, 0.25) is 0 Å². The summed E-state index contributed by atoms with van der Waals surface area (Å²) in [5.74, 6) is 1.71. The van der Waals surface area contributed by atoms with Crippen molar-refractivity contribution >= 4 is 5.96 Å². The van der Waals surface area contributed by atoms with Crippen LogP contribution in [0, 0.1) is 0 Å². The second-order valence-electron chi connectivity index (χ2n) is 7.60. The number of para-hydroxylation sites is 1. The molecule has 1 aliphatic carbocycles. The molecule has 0 spiro atoms. The van der Waals surface area contributed by atoms with Gasteiger partial charge in [-0.3, -0.25) is 4.99 Å². The lowest BCUT2D eigenvalue weighted by Gasteiger charge is -2.17. The average Bonchev–Trinajstić information content (AvgIpc) is 2.97. The van der Waals surface area contributed by atoms with Crippen LogP contribution >= 0.6 is 0 Å². The van der Waals surface area contributed by atoms with Crippen LogP contribution in [0.25, 0.3) is 0 Å². The van der Waals surface area contributed by atoms with Crippen molar-refractivity contribution in [3.63, 3.8) is 0 Å². The summed E-state index contributed by atoms with van der Waals surface area (Å²) in [5.41, 5.74) is 1.12. The molecule has 28 heavy (non-hydrogen) atoms. The van der Waals surface area contributed by atoms with Gasteiger partial charge in [0, 0.05) is 32.2 Å². The van der Waals surface area contributed by atoms with Crippen LogP contribution in [-0.4, -0.2) is 64.4 Å². The number of guanidine groups is 1. The van der Waals surface area contributed by atoms with Crippen molar-refractivity contribution in [3.8, 4) is 5.75 Å². The predicted molar refractivity (Wildman–Crippen MR) is 116 cm³/mol. The number of ether oxygens (including phenoxy) is 2. The van der Waals surface area contributed by atoms with Gasteiger partial charge in [-0.25, -0.2) is 0 Å². The Kier molecular flexibility index (Phi) is 10.8. The Bertz CT molecular complexity index is 569. The van der Waals surface area contributed by atoms with E-state index in [0.29, 0.717) is 19.3 Å². The summed E-state index contributed by atoms with van der Waals surface area (Å²) in [6, 6.07) is 8.14. The largest absolute Gasteiger partial charge is 0.492 e. The standard InChI is InChI=1S/C22H38N4O2/c1-23-22(24-14-16-27-20-11-6-4-5-7-12-20)25-18-19-10-8-9-13-21(19)28-17-15-26(2)3/h8-10,13,20H,4-7,11-12,14-18H2,1-3H3,(H2,23,24,25). The molecule has 0 bridgehead atoms. The van der Waals surface area contributed by atoms with Gasteiger partial charge in [-0.1, -0.05) is 43.9 Å². The Morgan fingerprint density at radius 1 is 1.07 bits per heavy atom. The first-order chi connectivity index (χ1) is 13.7. The van der Waals surface area contributed by atoms with Crippen molar-refractivity contribution in [2.24, 2.45) is 4.99 Å². The lowest BCUT2D eigenvalue weighted by atomic mass is 10.1. The summed E-state index contributed by atoms with van der Waals surface area (Å²) >= 11 is 0. The maximum absolute atomic E-state index is 6.03. The lowest BCUT2D eigenvalue weighted by Crippen LogP contribution is -2.39. The van der Waals surface area contributed by atoms with Gasteiger partial charge in [0.2, 0.25) is 0 Å². The fraction of sp³-hybridized carbons (Fsp3) is 0.682. The summed E-state index contributed by atoms with van der Waals surface area (Å²) in [5, 5.41) is 6.71. The molecule has 2 rings (SSSR count). The number of rotatable bonds is 10. The van der Waals surface area contributed by atoms with Crippen molar-refractivity contribution in [3.05, 3.63) is 29.8 Å². The van der Waals surface area contributed by atoms with Gasteiger partial charge in [0.15, 0.2) is 5.96 Å². The minimum Gasteiger partial charge on any atom is -0.492 e. The van der Waals surface area contributed by atoms with E-state index in [1.807, 2.05) is 32.3 Å². The molecule has 0 saturated heterocycles. The Morgan fingerprint density at radius 3 is 2.54 bits per heavy atom. The lowest BCUT2D eigenvalue weighted by molar-refractivity contribution is 0.0468. The SMILES string of the molecule is CN=C(NCCOC1CCCCCC1)NCc1ccccc1OCCN(C)C. The van der Waals surface area contributed by atoms with E-state index in [9.17, 15) is 0 Å². The molecule has 0 amide bonds. The minimum atomic E-state index is 0.436. The predicted octanol–water partition coefficient (Wildman–Crippen LogP) is 3.03. The van der Waals surface area contributed by atoms with E-state index in [4.69, 9.17) is 9.47 Å². The Labute approximate surface area is 170 Å². The fourth-order valence-electron chi connectivity index (χ4n) is 3.33. The van der Waals surface area contributed by atoms with E-state index in [-0.39, 0.29) is 0 Å². The van der Waals surface area contributed by atoms with Crippen molar-refractivity contribution in [1.82, 2.24) is 15.5 Å². The number of likely N-dealkylation sites (N-methyl/N-ethyl adjacent to an activating group) is 1. The molecule has 0 aliphatic heterocycles. The summed E-state index contributed by atoms with van der Waals surface area (Å²) in [6.07, 6.45) is 8.17. The van der Waals surface area contributed by atoms with E-state index in [1.54, 1.807) is 7.05 Å². The molecule has 0 unspecified atom stereocenters. The van der Waals surface area contributed by atoms with Crippen molar-refractivity contribution in [2.45, 2.75) is 51.2 Å². The molecule has 6 heteroatoms. The Morgan fingerprint density at radius 2 is 1.82 bits per heavy atom. The topological polar surface area (TPSA) is 58.1 Å². The van der Waals surface area contributed by atoms with Gasteiger partial charge < -0.3 is 25.0 Å². The van der Waals surface area contributed by atoms with Crippen molar-refractivity contribution < 1.29 is 9.47 Å². The average molecular weight is 391 g/mol. The van der Waals surface area contributed by atoms with Crippen LogP contribution in [0.15, 0.2) is 29.3 Å². The molecular formula is C22H38N4O2. The number of hydrogen-bond acceptors (Lipinski definition) is 4. The molecule has 0 heterocycles. The quantitative estimate of drug-likeness (QED) is 0.278. The molecule has 1 fully saturated rings. The zero-order valence-electron chi connectivity index (χ0n) is 17.9. The van der Waals surface area contributed by atoms with Crippen molar-refractivity contribution in [2.75, 3.05) is 47.4 Å². The van der Waals surface area contributed by atoms with Crippen LogP contribution in [0.3, 0.4) is 0 Å². The third-order valence-corrected chi connectivity index (χ3v) is 4.99. The molecule has 0 radical (unpaired) electrons. The molecule has 1 aliphatic rings. The molecule has 2 N–H and O–H groups in total. The molecular weight excluding hydrogens is 352 g/mol. The van der Waals surface area contributed by atoms with Gasteiger partial charge in [-0.2, -0.15) is 0 Å². The molecule has 0 aromatic heterocycles. The smallest absolute Gasteiger partial charge is 0.191 e. The van der Waals surface area contributed by atoms with Crippen LogP contribution in [-0.2, 0) is 11.3 Å². The number of nitrogens with one attached hydrogen (secondary N) is 2. The van der Waals surface area contributed by atoms with Gasteiger partial charge in [0.05, 0.1) is 12.7 Å². The van der Waals surface area contributed by atoms with Gasteiger partial charge in [-0.15, -0.1) is 0 Å². The van der Waals surface area contributed by atoms with Gasteiger partial charge in [-0.05, 0) is 33.0 Å². The summed E-state index contributed by atoms with van der Waals surface area (Å²) in [4.78, 5) is 6.42. The van der Waals surface area contributed by atoms with Crippen LogP contribution in [0.5, 0.6) is 5.75 Å². The first kappa shape index (κ1) is 22.5. The minimum absolute atomic E-state index is 0.436. The third-order valence-electron chi connectivity index (χ3n) is 4.99. The van der Waals surface area contributed by atoms with E-state index >= 15 is 0 Å². The zero-order valence-corrected chi connectivity index (χ0v) is 17.9. The highest BCUT2D eigenvalue weighted by atomic mass is 16.5. The second kappa shape index (κ2) is 13.4. The Balaban J connectivity index is 1.70. The van der Waals surface area contributed by atoms with Crippen LogP contribution in [0.1, 0.15) is 44.1 Å². The first-order valence-electron chi connectivity index (χ1n) is 10.6. The first-order valence-corrected chi connectivity index (χ1v) is 10.6. The van der Waals surface area contributed by atoms with Crippen LogP contribution < -0.4 is 15.4 Å². The van der Waals surface area contributed by atoms with E-state index < -0.39 is 0 Å². The zero-order chi connectivity index (χ0) is 20.0. The highest BCUT2D eigenvalue weighted by molar-refractivity contribution is 5.79. The summed E-state index contributed by atoms with van der Waals surface area (Å²) in [7, 11) is 5.89. The third kappa shape index (κ3) is 8.93. The monoisotopic (exact) mass is 390 g/mol. The van der Waals surface area contributed by atoms with Gasteiger partial charge in [0.1, 0.15) is 12.4 Å². The number of hydrogen-bond donors (Lipinski definition) is 2. The van der Waals surface area contributed by atoms with Crippen LogP contribution in [0.4, 0.5) is 0 Å². The van der Waals surface area contributed by atoms with Crippen molar-refractivity contribution in [1.29, 1.82) is 0 Å². The second-order valence-corrected chi connectivity index (χ2v) is 7.60. The highest BCUT2D eigenvalue weighted by Gasteiger charge is 2.12. The van der Waals surface area contributed by atoms with Gasteiger partial charge >= 0.3 is 0 Å². The number of aliphatic imine (C=N–C) groups is 1.